The summed E-state index contributed by atoms with van der Waals surface area (Å²) in [6.07, 6.45) is 3.70. The molecule has 10 rings (SSSR count). The molecule has 290 valence electrons. The first-order valence-corrected chi connectivity index (χ1v) is 19.6. The fourth-order valence-corrected chi connectivity index (χ4v) is 9.05. The maximum absolute atomic E-state index is 13.3. The maximum Gasteiger partial charge on any atom is 0.262 e. The molecule has 3 aromatic carbocycles. The summed E-state index contributed by atoms with van der Waals surface area (Å²) in [4.78, 5) is 67.9. The van der Waals surface area contributed by atoms with Gasteiger partial charge in [-0.25, -0.2) is 14.6 Å². The molecular weight excluding hydrogens is 725 g/mol. The number of amides is 4. The van der Waals surface area contributed by atoms with Gasteiger partial charge in [-0.15, -0.1) is 0 Å². The summed E-state index contributed by atoms with van der Waals surface area (Å²) in [6, 6.07) is 23.2. The minimum absolute atomic E-state index is 0.0997. The number of fused-ring (bicyclic) bond motifs is 2. The number of nitrogens with two attached hydrogens (primary N) is 1. The number of anilines is 1. The molecule has 4 fully saturated rings. The standard InChI is InChI=1S/C42H42N10O5/c43-38-36-37(26-7-9-31(10-8-26)57-30-4-2-1-3-5-30)47-52(39(36)45-24-44-38)27-14-16-49(17-15-27)29-22-50(23-29)28-20-48(21-28)19-25-6-11-32-33(18-25)42(56)51(41(32)55)34-12-13-35(53)46-40(34)54/h1-11,18,24,27-29,34H,12-17,19-23H2,(H2,43,44,45)(H,46,53,54). The lowest BCUT2D eigenvalue weighted by molar-refractivity contribution is -0.136. The molecule has 0 spiro atoms. The third kappa shape index (κ3) is 6.41. The Kier molecular flexibility index (Phi) is 8.80. The smallest absolute Gasteiger partial charge is 0.262 e. The summed E-state index contributed by atoms with van der Waals surface area (Å²) in [6.45, 7) is 6.66. The van der Waals surface area contributed by atoms with Crippen LogP contribution in [0.3, 0.4) is 0 Å². The molecule has 0 bridgehead atoms. The Morgan fingerprint density at radius 2 is 1.47 bits per heavy atom. The van der Waals surface area contributed by atoms with E-state index >= 15 is 0 Å². The molecule has 4 amide bonds. The van der Waals surface area contributed by atoms with Crippen molar-refractivity contribution < 1.29 is 23.9 Å². The third-order valence-electron chi connectivity index (χ3n) is 12.2. The fraction of sp³-hybridized carbons (Fsp3) is 0.357. The first-order chi connectivity index (χ1) is 27.8. The Morgan fingerprint density at radius 3 is 2.23 bits per heavy atom. The van der Waals surface area contributed by atoms with Gasteiger partial charge in [-0.3, -0.25) is 44.1 Å². The Morgan fingerprint density at radius 1 is 0.754 bits per heavy atom. The van der Waals surface area contributed by atoms with E-state index < -0.39 is 23.8 Å². The molecule has 7 heterocycles. The molecule has 5 aliphatic rings. The van der Waals surface area contributed by atoms with E-state index in [0.29, 0.717) is 35.6 Å². The normalized spacial score (nSPS) is 21.5. The van der Waals surface area contributed by atoms with Crippen molar-refractivity contribution in [3.8, 4) is 22.8 Å². The van der Waals surface area contributed by atoms with Gasteiger partial charge in [0.2, 0.25) is 11.8 Å². The van der Waals surface area contributed by atoms with E-state index in [4.69, 9.17) is 15.6 Å². The summed E-state index contributed by atoms with van der Waals surface area (Å²) in [5, 5.41) is 8.13. The largest absolute Gasteiger partial charge is 0.457 e. The summed E-state index contributed by atoms with van der Waals surface area (Å²) in [5.41, 5.74) is 10.5. The highest BCUT2D eigenvalue weighted by molar-refractivity contribution is 6.23. The minimum Gasteiger partial charge on any atom is -0.457 e. The van der Waals surface area contributed by atoms with Crippen LogP contribution in [0.15, 0.2) is 79.1 Å². The number of benzene rings is 3. The zero-order chi connectivity index (χ0) is 38.8. The quantitative estimate of drug-likeness (QED) is 0.210. The summed E-state index contributed by atoms with van der Waals surface area (Å²) in [5.74, 6) is 0.00691. The molecule has 1 atom stereocenters. The number of nitrogen functional groups attached to an aromatic ring is 1. The highest BCUT2D eigenvalue weighted by atomic mass is 16.5. The van der Waals surface area contributed by atoms with Crippen molar-refractivity contribution in [2.45, 2.75) is 56.4 Å². The Hall–Kier alpha value is -6.03. The number of hydrogen-bond acceptors (Lipinski definition) is 12. The van der Waals surface area contributed by atoms with E-state index in [0.717, 1.165) is 96.4 Å². The second-order valence-electron chi connectivity index (χ2n) is 15.7. The lowest BCUT2D eigenvalue weighted by Crippen LogP contribution is -2.69. The van der Waals surface area contributed by atoms with Crippen molar-refractivity contribution in [2.24, 2.45) is 0 Å². The number of para-hydroxylation sites is 1. The molecule has 5 aliphatic heterocycles. The molecular formula is C42H42N10O5. The van der Waals surface area contributed by atoms with Gasteiger partial charge in [0, 0.05) is 69.9 Å². The SMILES string of the molecule is Nc1ncnc2c1c(-c1ccc(Oc3ccccc3)cc1)nn2C1CCN(C2CN(C3CN(Cc4ccc5c(c4)C(=O)N(C4CCC(=O)NC4=O)C5=O)C3)C2)CC1. The molecule has 15 nitrogen and oxygen atoms in total. The minimum atomic E-state index is -0.960. The number of imide groups is 2. The second-order valence-corrected chi connectivity index (χ2v) is 15.7. The third-order valence-corrected chi connectivity index (χ3v) is 12.2. The fourth-order valence-electron chi connectivity index (χ4n) is 9.05. The zero-order valence-corrected chi connectivity index (χ0v) is 31.3. The number of nitrogens with one attached hydrogen (secondary N) is 1. The van der Waals surface area contributed by atoms with Crippen molar-refractivity contribution in [2.75, 3.05) is 45.0 Å². The van der Waals surface area contributed by atoms with Crippen molar-refractivity contribution in [3.63, 3.8) is 0 Å². The number of aromatic nitrogens is 4. The average molecular weight is 767 g/mol. The first-order valence-electron chi connectivity index (χ1n) is 19.6. The van der Waals surface area contributed by atoms with Crippen LogP contribution in [-0.4, -0.2) is 120 Å². The highest BCUT2D eigenvalue weighted by Crippen LogP contribution is 2.37. The van der Waals surface area contributed by atoms with Gasteiger partial charge in [0.05, 0.1) is 22.6 Å². The van der Waals surface area contributed by atoms with E-state index in [1.54, 1.807) is 12.1 Å². The van der Waals surface area contributed by atoms with Gasteiger partial charge >= 0.3 is 0 Å². The summed E-state index contributed by atoms with van der Waals surface area (Å²) in [7, 11) is 0. The molecule has 3 N–H and O–H groups in total. The predicted octanol–water partition coefficient (Wildman–Crippen LogP) is 3.47. The molecule has 0 radical (unpaired) electrons. The molecule has 5 aromatic rings. The van der Waals surface area contributed by atoms with Gasteiger partial charge in [0.1, 0.15) is 35.4 Å². The Labute approximate surface area is 328 Å². The number of nitrogens with zero attached hydrogens (tertiary/aromatic N) is 8. The van der Waals surface area contributed by atoms with Crippen LogP contribution in [0.1, 0.15) is 58.0 Å². The van der Waals surface area contributed by atoms with E-state index in [9.17, 15) is 19.2 Å². The summed E-state index contributed by atoms with van der Waals surface area (Å²) >= 11 is 0. The van der Waals surface area contributed by atoms with Gasteiger partial charge < -0.3 is 10.5 Å². The predicted molar refractivity (Wildman–Crippen MR) is 209 cm³/mol. The topological polar surface area (TPSA) is 172 Å². The van der Waals surface area contributed by atoms with Crippen LogP contribution in [0.4, 0.5) is 5.82 Å². The Bertz CT molecular complexity index is 2400. The van der Waals surface area contributed by atoms with Crippen molar-refractivity contribution in [1.82, 2.24) is 44.7 Å². The number of carbonyl (C=O) groups excluding carboxylic acids is 4. The number of ether oxygens (including phenoxy) is 1. The van der Waals surface area contributed by atoms with E-state index in [1.165, 1.54) is 6.33 Å². The van der Waals surface area contributed by atoms with Crippen LogP contribution < -0.4 is 15.8 Å². The lowest BCUT2D eigenvalue weighted by Gasteiger charge is -2.55. The lowest BCUT2D eigenvalue weighted by atomic mass is 9.95. The molecule has 15 heteroatoms. The van der Waals surface area contributed by atoms with Gasteiger partial charge in [-0.1, -0.05) is 24.3 Å². The maximum atomic E-state index is 13.3. The van der Waals surface area contributed by atoms with Crippen LogP contribution in [0, 0.1) is 0 Å². The van der Waals surface area contributed by atoms with Crippen LogP contribution in [0.2, 0.25) is 0 Å². The van der Waals surface area contributed by atoms with Crippen LogP contribution in [0.25, 0.3) is 22.3 Å². The molecule has 0 saturated carbocycles. The Balaban J connectivity index is 0.718. The van der Waals surface area contributed by atoms with Gasteiger partial charge in [0.15, 0.2) is 5.65 Å². The van der Waals surface area contributed by atoms with Gasteiger partial charge in [0.25, 0.3) is 11.8 Å². The zero-order valence-electron chi connectivity index (χ0n) is 31.3. The second kappa shape index (κ2) is 14.2. The first kappa shape index (κ1) is 35.4. The van der Waals surface area contributed by atoms with Crippen LogP contribution >= 0.6 is 0 Å². The molecule has 57 heavy (non-hydrogen) atoms. The molecule has 4 saturated heterocycles. The van der Waals surface area contributed by atoms with Gasteiger partial charge in [-0.05, 0) is 73.4 Å². The van der Waals surface area contributed by atoms with Crippen LogP contribution in [0.5, 0.6) is 11.5 Å². The number of hydrogen-bond donors (Lipinski definition) is 2. The molecule has 0 aliphatic carbocycles. The molecule has 1 unspecified atom stereocenters. The average Bonchev–Trinajstić information content (AvgIpc) is 3.69. The van der Waals surface area contributed by atoms with E-state index in [2.05, 4.69) is 34.7 Å². The monoisotopic (exact) mass is 766 g/mol. The van der Waals surface area contributed by atoms with Crippen molar-refractivity contribution in [1.29, 1.82) is 0 Å². The summed E-state index contributed by atoms with van der Waals surface area (Å²) < 4.78 is 8.06. The van der Waals surface area contributed by atoms with Crippen molar-refractivity contribution in [3.05, 3.63) is 95.8 Å². The van der Waals surface area contributed by atoms with Crippen LogP contribution in [-0.2, 0) is 16.1 Å². The molecule has 2 aromatic heterocycles. The van der Waals surface area contributed by atoms with E-state index in [1.807, 2.05) is 60.7 Å². The van der Waals surface area contributed by atoms with E-state index in [-0.39, 0.29) is 24.8 Å². The highest BCUT2D eigenvalue weighted by Gasteiger charge is 2.45. The number of rotatable bonds is 9. The number of carbonyl (C=O) groups is 4. The van der Waals surface area contributed by atoms with Gasteiger partial charge in [-0.2, -0.15) is 5.10 Å². The van der Waals surface area contributed by atoms with Crippen molar-refractivity contribution >= 4 is 40.5 Å². The number of likely N-dealkylation sites (tertiary alicyclic amines) is 3. The number of piperidine rings is 2.